The first-order valence-electron chi connectivity index (χ1n) is 9.32. The van der Waals surface area contributed by atoms with E-state index in [1.807, 2.05) is 31.2 Å². The summed E-state index contributed by atoms with van der Waals surface area (Å²) in [5.74, 6) is 1.04. The van der Waals surface area contributed by atoms with E-state index in [9.17, 15) is 9.18 Å². The molecule has 0 spiro atoms. The zero-order valence-corrected chi connectivity index (χ0v) is 15.9. The molecular formula is C24H19FO4. The van der Waals surface area contributed by atoms with E-state index in [0.29, 0.717) is 22.5 Å². The number of fused-ring (bicyclic) bond motifs is 1. The number of halogens is 1. The molecule has 0 saturated carbocycles. The summed E-state index contributed by atoms with van der Waals surface area (Å²) in [6.07, 6.45) is 2.12. The Labute approximate surface area is 167 Å². The molecule has 4 nitrogen and oxygen atoms in total. The maximum absolute atomic E-state index is 13.0. The Hall–Kier alpha value is -3.60. The number of hydrogen-bond acceptors (Lipinski definition) is 4. The van der Waals surface area contributed by atoms with E-state index in [0.717, 1.165) is 17.5 Å². The molecular weight excluding hydrogens is 371 g/mol. The van der Waals surface area contributed by atoms with Gasteiger partial charge in [0.1, 0.15) is 35.8 Å². The van der Waals surface area contributed by atoms with Gasteiger partial charge in [0.05, 0.1) is 5.39 Å². The van der Waals surface area contributed by atoms with Crippen molar-refractivity contribution in [3.05, 3.63) is 100 Å². The minimum absolute atomic E-state index is 0.137. The smallest absolute Gasteiger partial charge is 0.235 e. The molecule has 0 saturated heterocycles. The predicted octanol–water partition coefficient (Wildman–Crippen LogP) is 5.87. The SMILES string of the molecule is CCc1ccccc1Oc1coc2cc(OCc3ccc(F)cc3)ccc2c1=O. The van der Waals surface area contributed by atoms with E-state index in [1.54, 1.807) is 30.3 Å². The highest BCUT2D eigenvalue weighted by atomic mass is 19.1. The molecule has 0 aliphatic heterocycles. The third-order valence-electron chi connectivity index (χ3n) is 4.61. The summed E-state index contributed by atoms with van der Waals surface area (Å²) >= 11 is 0. The third kappa shape index (κ3) is 4.14. The van der Waals surface area contributed by atoms with Crippen molar-refractivity contribution in [3.63, 3.8) is 0 Å². The molecule has 0 atom stereocenters. The van der Waals surface area contributed by atoms with Gasteiger partial charge < -0.3 is 13.9 Å². The van der Waals surface area contributed by atoms with Crippen molar-refractivity contribution in [2.45, 2.75) is 20.0 Å². The molecule has 4 aromatic rings. The van der Waals surface area contributed by atoms with Crippen LogP contribution in [0, 0.1) is 5.82 Å². The van der Waals surface area contributed by atoms with Gasteiger partial charge in [0.15, 0.2) is 0 Å². The summed E-state index contributed by atoms with van der Waals surface area (Å²) in [5, 5.41) is 0.408. The molecule has 0 aliphatic rings. The highest BCUT2D eigenvalue weighted by molar-refractivity contribution is 5.79. The van der Waals surface area contributed by atoms with Crippen molar-refractivity contribution in [2.24, 2.45) is 0 Å². The van der Waals surface area contributed by atoms with Crippen molar-refractivity contribution in [1.29, 1.82) is 0 Å². The van der Waals surface area contributed by atoms with Crippen LogP contribution in [0.5, 0.6) is 17.2 Å². The van der Waals surface area contributed by atoms with E-state index in [-0.39, 0.29) is 23.6 Å². The van der Waals surface area contributed by atoms with Gasteiger partial charge >= 0.3 is 0 Å². The molecule has 0 aliphatic carbocycles. The van der Waals surface area contributed by atoms with Crippen LogP contribution in [0.1, 0.15) is 18.1 Å². The van der Waals surface area contributed by atoms with Crippen LogP contribution in [0.3, 0.4) is 0 Å². The molecule has 0 N–H and O–H groups in total. The molecule has 0 fully saturated rings. The molecule has 29 heavy (non-hydrogen) atoms. The van der Waals surface area contributed by atoms with Crippen LogP contribution in [0.25, 0.3) is 11.0 Å². The zero-order valence-electron chi connectivity index (χ0n) is 15.9. The minimum atomic E-state index is -0.291. The van der Waals surface area contributed by atoms with Gasteiger partial charge in [-0.1, -0.05) is 37.3 Å². The van der Waals surface area contributed by atoms with E-state index in [2.05, 4.69) is 0 Å². The third-order valence-corrected chi connectivity index (χ3v) is 4.61. The fourth-order valence-corrected chi connectivity index (χ4v) is 3.01. The van der Waals surface area contributed by atoms with E-state index in [4.69, 9.17) is 13.9 Å². The number of benzene rings is 3. The van der Waals surface area contributed by atoms with Crippen LogP contribution >= 0.6 is 0 Å². The van der Waals surface area contributed by atoms with E-state index >= 15 is 0 Å². The molecule has 3 aromatic carbocycles. The normalized spacial score (nSPS) is 10.8. The van der Waals surface area contributed by atoms with Crippen molar-refractivity contribution in [3.8, 4) is 17.2 Å². The number of para-hydroxylation sites is 1. The molecule has 0 bridgehead atoms. The second-order valence-corrected chi connectivity index (χ2v) is 6.57. The lowest BCUT2D eigenvalue weighted by atomic mass is 10.1. The van der Waals surface area contributed by atoms with Gasteiger partial charge in [-0.25, -0.2) is 4.39 Å². The molecule has 0 unspecified atom stereocenters. The molecule has 1 aromatic heterocycles. The summed E-state index contributed by atoms with van der Waals surface area (Å²) in [6, 6.07) is 18.7. The molecule has 1 heterocycles. The highest BCUT2D eigenvalue weighted by Gasteiger charge is 2.12. The van der Waals surface area contributed by atoms with Gasteiger partial charge in [-0.15, -0.1) is 0 Å². The monoisotopic (exact) mass is 390 g/mol. The molecule has 0 amide bonds. The largest absolute Gasteiger partial charge is 0.489 e. The summed E-state index contributed by atoms with van der Waals surface area (Å²) in [6.45, 7) is 2.31. The van der Waals surface area contributed by atoms with E-state index in [1.165, 1.54) is 18.4 Å². The second kappa shape index (κ2) is 8.19. The average Bonchev–Trinajstić information content (AvgIpc) is 2.75. The van der Waals surface area contributed by atoms with Gasteiger partial charge in [-0.3, -0.25) is 4.79 Å². The summed E-state index contributed by atoms with van der Waals surface area (Å²) < 4.78 is 30.1. The lowest BCUT2D eigenvalue weighted by Gasteiger charge is -2.10. The first-order chi connectivity index (χ1) is 14.1. The Morgan fingerprint density at radius 3 is 2.55 bits per heavy atom. The van der Waals surface area contributed by atoms with Crippen LogP contribution < -0.4 is 14.9 Å². The van der Waals surface area contributed by atoms with E-state index < -0.39 is 0 Å². The van der Waals surface area contributed by atoms with Gasteiger partial charge in [0, 0.05) is 6.07 Å². The van der Waals surface area contributed by atoms with Crippen LogP contribution in [0.4, 0.5) is 4.39 Å². The van der Waals surface area contributed by atoms with Crippen molar-refractivity contribution < 1.29 is 18.3 Å². The topological polar surface area (TPSA) is 48.7 Å². The fourth-order valence-electron chi connectivity index (χ4n) is 3.01. The quantitative estimate of drug-likeness (QED) is 0.413. The van der Waals surface area contributed by atoms with Crippen molar-refractivity contribution in [2.75, 3.05) is 0 Å². The zero-order chi connectivity index (χ0) is 20.2. The Kier molecular flexibility index (Phi) is 5.29. The van der Waals surface area contributed by atoms with Gasteiger partial charge in [0.2, 0.25) is 11.2 Å². The Bertz CT molecular complexity index is 1200. The van der Waals surface area contributed by atoms with Gasteiger partial charge in [-0.2, -0.15) is 0 Å². The Morgan fingerprint density at radius 1 is 0.966 bits per heavy atom. The standard InChI is InChI=1S/C24H19FO4/c1-2-17-5-3-4-6-21(17)29-23-15-28-22-13-19(11-12-20(22)24(23)26)27-14-16-7-9-18(25)10-8-16/h3-13,15H,2,14H2,1H3. The van der Waals surface area contributed by atoms with Crippen molar-refractivity contribution in [1.82, 2.24) is 0 Å². The number of ether oxygens (including phenoxy) is 2. The summed E-state index contributed by atoms with van der Waals surface area (Å²) in [5.41, 5.74) is 2.01. The van der Waals surface area contributed by atoms with Gasteiger partial charge in [-0.05, 0) is 47.9 Å². The first-order valence-corrected chi connectivity index (χ1v) is 9.32. The van der Waals surface area contributed by atoms with Crippen LogP contribution in [-0.2, 0) is 13.0 Å². The molecule has 0 radical (unpaired) electrons. The first kappa shape index (κ1) is 18.7. The molecule has 4 rings (SSSR count). The Balaban J connectivity index is 1.56. The minimum Gasteiger partial charge on any atom is -0.489 e. The van der Waals surface area contributed by atoms with Crippen LogP contribution in [-0.4, -0.2) is 0 Å². The maximum atomic E-state index is 13.0. The maximum Gasteiger partial charge on any atom is 0.235 e. The highest BCUT2D eigenvalue weighted by Crippen LogP contribution is 2.26. The fraction of sp³-hybridized carbons (Fsp3) is 0.125. The van der Waals surface area contributed by atoms with Crippen LogP contribution in [0.2, 0.25) is 0 Å². The van der Waals surface area contributed by atoms with Gasteiger partial charge in [0.25, 0.3) is 0 Å². The lowest BCUT2D eigenvalue weighted by molar-refractivity contribution is 0.306. The summed E-state index contributed by atoms with van der Waals surface area (Å²) in [4.78, 5) is 12.8. The number of aryl methyl sites for hydroxylation is 1. The number of hydrogen-bond donors (Lipinski definition) is 0. The number of rotatable bonds is 6. The molecule has 5 heteroatoms. The average molecular weight is 390 g/mol. The predicted molar refractivity (Wildman–Crippen MR) is 109 cm³/mol. The Morgan fingerprint density at radius 2 is 1.76 bits per heavy atom. The van der Waals surface area contributed by atoms with Crippen molar-refractivity contribution >= 4 is 11.0 Å². The lowest BCUT2D eigenvalue weighted by Crippen LogP contribution is -2.06. The second-order valence-electron chi connectivity index (χ2n) is 6.57. The molecule has 146 valence electrons. The van der Waals surface area contributed by atoms with Crippen LogP contribution in [0.15, 0.2) is 82.2 Å². The summed E-state index contributed by atoms with van der Waals surface area (Å²) in [7, 11) is 0.